The Bertz CT molecular complexity index is 821. The van der Waals surface area contributed by atoms with E-state index >= 15 is 0 Å². The van der Waals surface area contributed by atoms with Gasteiger partial charge in [0.25, 0.3) is 0 Å². The Balaban J connectivity index is 1.50. The van der Waals surface area contributed by atoms with Crippen molar-refractivity contribution in [2.45, 2.75) is 57.5 Å². The van der Waals surface area contributed by atoms with Crippen LogP contribution in [-0.2, 0) is 4.79 Å². The molecule has 2 bridgehead atoms. The normalized spacial score (nSPS) is 31.3. The molecule has 5 rings (SSSR count). The van der Waals surface area contributed by atoms with Crippen LogP contribution in [0.4, 0.5) is 5.82 Å². The fourth-order valence-corrected chi connectivity index (χ4v) is 6.48. The number of fused-ring (bicyclic) bond motifs is 5. The molecule has 0 unspecified atom stereocenters. The van der Waals surface area contributed by atoms with Gasteiger partial charge in [0.1, 0.15) is 12.1 Å². The second kappa shape index (κ2) is 6.48. The van der Waals surface area contributed by atoms with E-state index in [1.165, 1.54) is 17.5 Å². The van der Waals surface area contributed by atoms with Gasteiger partial charge < -0.3 is 9.80 Å². The SMILES string of the molecule is CCC[C@H]1[C@H]2C[C@H](CN(c3ncnc4ccsc34)C2)[C@@H]2CCCC(=O)N21. The lowest BCUT2D eigenvalue weighted by molar-refractivity contribution is -0.149. The highest BCUT2D eigenvalue weighted by atomic mass is 32.1. The summed E-state index contributed by atoms with van der Waals surface area (Å²) in [6.07, 6.45) is 8.24. The minimum Gasteiger partial charge on any atom is -0.355 e. The molecule has 5 heterocycles. The number of amides is 1. The van der Waals surface area contributed by atoms with Gasteiger partial charge in [0.2, 0.25) is 5.91 Å². The number of piperidine rings is 3. The summed E-state index contributed by atoms with van der Waals surface area (Å²) in [5.74, 6) is 2.66. The number of nitrogens with zero attached hydrogens (tertiary/aromatic N) is 4. The number of hydrogen-bond donors (Lipinski definition) is 0. The molecule has 3 aliphatic rings. The minimum absolute atomic E-state index is 0.408. The topological polar surface area (TPSA) is 49.3 Å². The Morgan fingerprint density at radius 2 is 2.15 bits per heavy atom. The van der Waals surface area contributed by atoms with E-state index in [4.69, 9.17) is 0 Å². The van der Waals surface area contributed by atoms with Crippen molar-refractivity contribution in [3.8, 4) is 0 Å². The van der Waals surface area contributed by atoms with E-state index in [9.17, 15) is 4.79 Å². The maximum Gasteiger partial charge on any atom is 0.223 e. The molecule has 2 aromatic heterocycles. The van der Waals surface area contributed by atoms with E-state index in [0.717, 1.165) is 50.1 Å². The predicted octanol–water partition coefficient (Wildman–Crippen LogP) is 3.70. The van der Waals surface area contributed by atoms with Gasteiger partial charge in [0.15, 0.2) is 0 Å². The van der Waals surface area contributed by atoms with Crippen molar-refractivity contribution >= 4 is 33.3 Å². The zero-order valence-electron chi connectivity index (χ0n) is 15.3. The minimum atomic E-state index is 0.408. The number of hydrogen-bond acceptors (Lipinski definition) is 5. The zero-order valence-corrected chi connectivity index (χ0v) is 16.1. The first-order valence-electron chi connectivity index (χ1n) is 10.0. The summed E-state index contributed by atoms with van der Waals surface area (Å²) in [4.78, 5) is 26.6. The number of carbonyl (C=O) groups is 1. The number of thiophene rings is 1. The van der Waals surface area contributed by atoms with Crippen LogP contribution in [0.1, 0.15) is 45.4 Å². The molecule has 0 spiro atoms. The highest BCUT2D eigenvalue weighted by molar-refractivity contribution is 7.17. The lowest BCUT2D eigenvalue weighted by Gasteiger charge is -2.57. The van der Waals surface area contributed by atoms with Gasteiger partial charge in [0, 0.05) is 31.6 Å². The molecule has 0 aliphatic carbocycles. The van der Waals surface area contributed by atoms with Gasteiger partial charge in [-0.1, -0.05) is 13.3 Å². The highest BCUT2D eigenvalue weighted by Gasteiger charge is 2.49. The van der Waals surface area contributed by atoms with Gasteiger partial charge in [0.05, 0.1) is 10.2 Å². The molecule has 138 valence electrons. The van der Waals surface area contributed by atoms with Crippen LogP contribution in [0.15, 0.2) is 17.8 Å². The van der Waals surface area contributed by atoms with Crippen molar-refractivity contribution in [1.29, 1.82) is 0 Å². The third kappa shape index (κ3) is 2.53. The molecule has 0 aromatic carbocycles. The number of rotatable bonds is 3. The Morgan fingerprint density at radius 1 is 1.27 bits per heavy atom. The summed E-state index contributed by atoms with van der Waals surface area (Å²) in [6.45, 7) is 4.28. The van der Waals surface area contributed by atoms with E-state index in [-0.39, 0.29) is 0 Å². The largest absolute Gasteiger partial charge is 0.355 e. The number of carbonyl (C=O) groups excluding carboxylic acids is 1. The van der Waals surface area contributed by atoms with Crippen LogP contribution in [0.25, 0.3) is 10.2 Å². The molecule has 3 aliphatic heterocycles. The number of anilines is 1. The van der Waals surface area contributed by atoms with Crippen molar-refractivity contribution in [3.63, 3.8) is 0 Å². The third-order valence-corrected chi connectivity index (χ3v) is 7.50. The Hall–Kier alpha value is -1.69. The lowest BCUT2D eigenvalue weighted by atomic mass is 9.71. The quantitative estimate of drug-likeness (QED) is 0.827. The molecule has 0 N–H and O–H groups in total. The van der Waals surface area contributed by atoms with Crippen LogP contribution >= 0.6 is 11.3 Å². The van der Waals surface area contributed by atoms with Crippen LogP contribution in [-0.4, -0.2) is 45.9 Å². The van der Waals surface area contributed by atoms with Crippen molar-refractivity contribution in [2.24, 2.45) is 11.8 Å². The average Bonchev–Trinajstić information content (AvgIpc) is 3.14. The van der Waals surface area contributed by atoms with E-state index in [0.29, 0.717) is 29.8 Å². The van der Waals surface area contributed by atoms with Crippen molar-refractivity contribution in [2.75, 3.05) is 18.0 Å². The maximum atomic E-state index is 12.7. The molecule has 26 heavy (non-hydrogen) atoms. The molecule has 4 atom stereocenters. The summed E-state index contributed by atoms with van der Waals surface area (Å²) in [5.41, 5.74) is 1.05. The van der Waals surface area contributed by atoms with Crippen LogP contribution in [0.2, 0.25) is 0 Å². The summed E-state index contributed by atoms with van der Waals surface area (Å²) < 4.78 is 1.20. The van der Waals surface area contributed by atoms with Crippen molar-refractivity contribution in [3.05, 3.63) is 17.8 Å². The average molecular weight is 371 g/mol. The van der Waals surface area contributed by atoms with Crippen molar-refractivity contribution < 1.29 is 4.79 Å². The zero-order chi connectivity index (χ0) is 17.7. The van der Waals surface area contributed by atoms with Gasteiger partial charge >= 0.3 is 0 Å². The van der Waals surface area contributed by atoms with Crippen LogP contribution < -0.4 is 4.90 Å². The van der Waals surface area contributed by atoms with Gasteiger partial charge in [-0.25, -0.2) is 9.97 Å². The highest BCUT2D eigenvalue weighted by Crippen LogP contribution is 2.44. The molecule has 0 saturated carbocycles. The fourth-order valence-electron chi connectivity index (χ4n) is 5.62. The van der Waals surface area contributed by atoms with Gasteiger partial charge in [-0.05, 0) is 49.0 Å². The fraction of sp³-hybridized carbons (Fsp3) is 0.650. The summed E-state index contributed by atoms with van der Waals surface area (Å²) in [6, 6.07) is 2.93. The smallest absolute Gasteiger partial charge is 0.223 e. The van der Waals surface area contributed by atoms with E-state index in [1.54, 1.807) is 17.7 Å². The number of aromatic nitrogens is 2. The standard InChI is InChI=1S/C20H26N4OS/c1-2-4-16-13-9-14(17-5-3-6-18(25)24(16)17)11-23(10-13)20-19-15(7-8-26-19)21-12-22-20/h7-8,12-14,16-17H,2-6,9-11H2,1H3/t13-,14+,16-,17-/m0/s1. The molecule has 6 heteroatoms. The summed E-state index contributed by atoms with van der Waals surface area (Å²) in [5, 5.41) is 2.11. The molecule has 3 saturated heterocycles. The Kier molecular flexibility index (Phi) is 4.11. The predicted molar refractivity (Wildman–Crippen MR) is 104 cm³/mol. The molecular weight excluding hydrogens is 344 g/mol. The van der Waals surface area contributed by atoms with Crippen molar-refractivity contribution in [1.82, 2.24) is 14.9 Å². The van der Waals surface area contributed by atoms with Crippen LogP contribution in [0.5, 0.6) is 0 Å². The second-order valence-electron chi connectivity index (χ2n) is 8.11. The molecule has 1 amide bonds. The molecule has 2 aromatic rings. The maximum absolute atomic E-state index is 12.7. The van der Waals surface area contributed by atoms with E-state index in [2.05, 4.69) is 38.1 Å². The van der Waals surface area contributed by atoms with Crippen LogP contribution in [0.3, 0.4) is 0 Å². The van der Waals surface area contributed by atoms with E-state index in [1.807, 2.05) is 0 Å². The molecule has 5 nitrogen and oxygen atoms in total. The van der Waals surface area contributed by atoms with Gasteiger partial charge in [-0.2, -0.15) is 0 Å². The molecule has 0 radical (unpaired) electrons. The first-order chi connectivity index (χ1) is 12.8. The Morgan fingerprint density at radius 3 is 3.04 bits per heavy atom. The van der Waals surface area contributed by atoms with Gasteiger partial charge in [-0.15, -0.1) is 11.3 Å². The molecular formula is C20H26N4OS. The van der Waals surface area contributed by atoms with Gasteiger partial charge in [-0.3, -0.25) is 4.79 Å². The lowest BCUT2D eigenvalue weighted by Crippen LogP contribution is -2.65. The van der Waals surface area contributed by atoms with E-state index < -0.39 is 0 Å². The summed E-state index contributed by atoms with van der Waals surface area (Å²) >= 11 is 1.74. The second-order valence-corrected chi connectivity index (χ2v) is 9.03. The Labute approximate surface area is 158 Å². The van der Waals surface area contributed by atoms with Crippen LogP contribution in [0, 0.1) is 11.8 Å². The summed E-state index contributed by atoms with van der Waals surface area (Å²) in [7, 11) is 0. The molecule has 3 fully saturated rings. The monoisotopic (exact) mass is 370 g/mol. The third-order valence-electron chi connectivity index (χ3n) is 6.61. The first-order valence-corrected chi connectivity index (χ1v) is 10.9. The first kappa shape index (κ1) is 16.5.